The highest BCUT2D eigenvalue weighted by atomic mass is 16.7. The van der Waals surface area contributed by atoms with Crippen LogP contribution >= 0.6 is 0 Å². The van der Waals surface area contributed by atoms with Gasteiger partial charge in [0.25, 0.3) is 5.91 Å². The fourth-order valence-corrected chi connectivity index (χ4v) is 2.83. The minimum absolute atomic E-state index is 0.184. The number of hydrogen-bond acceptors (Lipinski definition) is 7. The molecule has 2 aliphatic heterocycles. The molecule has 1 atom stereocenters. The number of amides is 1. The standard InChI is InChI=1S/C21H19NO7/c1-13(21(24)22-10-15-3-6-17-19(9-15)28-12-26-17)29-20(23)7-4-14-2-5-16-18(8-14)27-11-25-16/h2-9,13H,10-12H2,1H3,(H,22,24)/b7-4+/t13-/m0/s1. The topological polar surface area (TPSA) is 92.3 Å². The van der Waals surface area contributed by atoms with Crippen LogP contribution < -0.4 is 24.3 Å². The maximum absolute atomic E-state index is 12.2. The molecule has 2 aliphatic rings. The monoisotopic (exact) mass is 397 g/mol. The number of nitrogens with one attached hydrogen (secondary N) is 1. The molecule has 1 N–H and O–H groups in total. The van der Waals surface area contributed by atoms with Gasteiger partial charge in [0, 0.05) is 12.6 Å². The molecule has 0 aliphatic carbocycles. The second-order valence-corrected chi connectivity index (χ2v) is 6.43. The molecular weight excluding hydrogens is 378 g/mol. The Morgan fingerprint density at radius 1 is 1.00 bits per heavy atom. The van der Waals surface area contributed by atoms with Gasteiger partial charge in [-0.2, -0.15) is 0 Å². The van der Waals surface area contributed by atoms with Crippen molar-refractivity contribution in [3.05, 3.63) is 53.6 Å². The van der Waals surface area contributed by atoms with Gasteiger partial charge in [-0.05, 0) is 48.4 Å². The van der Waals surface area contributed by atoms with Crippen molar-refractivity contribution in [2.75, 3.05) is 13.6 Å². The molecule has 2 aromatic carbocycles. The molecule has 8 heteroatoms. The third-order valence-corrected chi connectivity index (χ3v) is 4.37. The van der Waals surface area contributed by atoms with Gasteiger partial charge in [-0.15, -0.1) is 0 Å². The van der Waals surface area contributed by atoms with E-state index in [1.165, 1.54) is 13.0 Å². The first-order valence-electron chi connectivity index (χ1n) is 9.03. The summed E-state index contributed by atoms with van der Waals surface area (Å²) < 4.78 is 26.2. The average Bonchev–Trinajstić information content (AvgIpc) is 3.38. The fourth-order valence-electron chi connectivity index (χ4n) is 2.83. The lowest BCUT2D eigenvalue weighted by Crippen LogP contribution is -2.35. The summed E-state index contributed by atoms with van der Waals surface area (Å²) >= 11 is 0. The minimum Gasteiger partial charge on any atom is -0.454 e. The highest BCUT2D eigenvalue weighted by Crippen LogP contribution is 2.33. The third-order valence-electron chi connectivity index (χ3n) is 4.37. The van der Waals surface area contributed by atoms with E-state index >= 15 is 0 Å². The molecule has 2 heterocycles. The zero-order valence-electron chi connectivity index (χ0n) is 15.7. The van der Waals surface area contributed by atoms with Crippen LogP contribution in [0.1, 0.15) is 18.1 Å². The quantitative estimate of drug-likeness (QED) is 0.591. The van der Waals surface area contributed by atoms with Crippen molar-refractivity contribution in [1.82, 2.24) is 5.32 Å². The van der Waals surface area contributed by atoms with Crippen LogP contribution in [0.4, 0.5) is 0 Å². The number of benzene rings is 2. The van der Waals surface area contributed by atoms with Gasteiger partial charge in [0.1, 0.15) is 0 Å². The number of fused-ring (bicyclic) bond motifs is 2. The van der Waals surface area contributed by atoms with E-state index in [0.717, 1.165) is 11.1 Å². The Labute approximate surface area is 167 Å². The third kappa shape index (κ3) is 4.43. The fraction of sp³-hybridized carbons (Fsp3) is 0.238. The van der Waals surface area contributed by atoms with Crippen molar-refractivity contribution < 1.29 is 33.3 Å². The van der Waals surface area contributed by atoms with Crippen LogP contribution in [0.25, 0.3) is 6.08 Å². The van der Waals surface area contributed by atoms with Crippen LogP contribution in [0.15, 0.2) is 42.5 Å². The van der Waals surface area contributed by atoms with Gasteiger partial charge in [-0.25, -0.2) is 4.79 Å². The Hall–Kier alpha value is -3.68. The van der Waals surface area contributed by atoms with E-state index in [9.17, 15) is 9.59 Å². The Morgan fingerprint density at radius 2 is 1.66 bits per heavy atom. The van der Waals surface area contributed by atoms with Crippen LogP contribution in [-0.2, 0) is 20.9 Å². The molecule has 0 radical (unpaired) electrons. The summed E-state index contributed by atoms with van der Waals surface area (Å²) in [6, 6.07) is 10.7. The summed E-state index contributed by atoms with van der Waals surface area (Å²) in [4.78, 5) is 24.2. The lowest BCUT2D eigenvalue weighted by atomic mass is 10.2. The molecule has 2 aromatic rings. The van der Waals surface area contributed by atoms with Gasteiger partial charge >= 0.3 is 5.97 Å². The lowest BCUT2D eigenvalue weighted by Gasteiger charge is -2.12. The van der Waals surface area contributed by atoms with Crippen molar-refractivity contribution >= 4 is 18.0 Å². The Kier molecular flexibility index (Phi) is 5.24. The molecule has 0 spiro atoms. The van der Waals surface area contributed by atoms with E-state index in [1.807, 2.05) is 6.07 Å². The molecule has 4 rings (SSSR count). The van der Waals surface area contributed by atoms with Crippen LogP contribution in [0.2, 0.25) is 0 Å². The van der Waals surface area contributed by atoms with Crippen molar-refractivity contribution in [2.24, 2.45) is 0 Å². The molecule has 0 fully saturated rings. The molecule has 0 saturated carbocycles. The van der Waals surface area contributed by atoms with E-state index in [1.54, 1.807) is 36.4 Å². The Balaban J connectivity index is 1.26. The number of carbonyl (C=O) groups is 2. The highest BCUT2D eigenvalue weighted by Gasteiger charge is 2.18. The van der Waals surface area contributed by atoms with Crippen LogP contribution in [-0.4, -0.2) is 31.6 Å². The van der Waals surface area contributed by atoms with Crippen molar-refractivity contribution in [1.29, 1.82) is 0 Å². The Morgan fingerprint density at radius 3 is 2.41 bits per heavy atom. The lowest BCUT2D eigenvalue weighted by molar-refractivity contribution is -0.150. The second kappa shape index (κ2) is 8.14. The minimum atomic E-state index is -0.932. The number of esters is 1. The predicted octanol–water partition coefficient (Wildman–Crippen LogP) is 2.41. The first-order chi connectivity index (χ1) is 14.1. The van der Waals surface area contributed by atoms with E-state index in [0.29, 0.717) is 23.0 Å². The van der Waals surface area contributed by atoms with Gasteiger partial charge in [0.2, 0.25) is 13.6 Å². The number of ether oxygens (including phenoxy) is 5. The second-order valence-electron chi connectivity index (χ2n) is 6.43. The molecule has 150 valence electrons. The van der Waals surface area contributed by atoms with Gasteiger partial charge in [0.15, 0.2) is 29.1 Å². The molecule has 29 heavy (non-hydrogen) atoms. The van der Waals surface area contributed by atoms with E-state index < -0.39 is 18.0 Å². The summed E-state index contributed by atoms with van der Waals surface area (Å²) in [6.07, 6.45) is 1.92. The van der Waals surface area contributed by atoms with Gasteiger partial charge in [0.05, 0.1) is 0 Å². The maximum atomic E-state index is 12.2. The Bertz CT molecular complexity index is 969. The summed E-state index contributed by atoms with van der Waals surface area (Å²) in [5, 5.41) is 2.73. The van der Waals surface area contributed by atoms with Gasteiger partial charge in [-0.1, -0.05) is 12.1 Å². The van der Waals surface area contributed by atoms with Crippen molar-refractivity contribution in [3.63, 3.8) is 0 Å². The van der Waals surface area contributed by atoms with E-state index in [4.69, 9.17) is 23.7 Å². The number of carbonyl (C=O) groups excluding carboxylic acids is 2. The number of hydrogen-bond donors (Lipinski definition) is 1. The summed E-state index contributed by atoms with van der Waals surface area (Å²) in [5.74, 6) is 1.59. The molecule has 0 bridgehead atoms. The molecule has 0 unspecified atom stereocenters. The molecule has 0 aromatic heterocycles. The van der Waals surface area contributed by atoms with Crippen molar-refractivity contribution in [2.45, 2.75) is 19.6 Å². The van der Waals surface area contributed by atoms with E-state index in [-0.39, 0.29) is 20.1 Å². The normalized spacial score (nSPS) is 14.7. The summed E-state index contributed by atoms with van der Waals surface area (Å²) in [5.41, 5.74) is 1.61. The van der Waals surface area contributed by atoms with Gasteiger partial charge in [-0.3, -0.25) is 4.79 Å². The summed E-state index contributed by atoms with van der Waals surface area (Å²) in [7, 11) is 0. The molecule has 8 nitrogen and oxygen atoms in total. The van der Waals surface area contributed by atoms with Crippen LogP contribution in [0.3, 0.4) is 0 Å². The smallest absolute Gasteiger partial charge is 0.331 e. The highest BCUT2D eigenvalue weighted by molar-refractivity contribution is 5.90. The van der Waals surface area contributed by atoms with Crippen LogP contribution in [0, 0.1) is 0 Å². The molecule has 0 saturated heterocycles. The zero-order valence-corrected chi connectivity index (χ0v) is 15.7. The SMILES string of the molecule is C[C@H](OC(=O)/C=C/c1ccc2c(c1)OCO2)C(=O)NCc1ccc2c(c1)OCO2. The maximum Gasteiger partial charge on any atom is 0.331 e. The number of rotatable bonds is 6. The first-order valence-corrected chi connectivity index (χ1v) is 9.03. The predicted molar refractivity (Wildman–Crippen MR) is 102 cm³/mol. The molecular formula is C21H19NO7. The van der Waals surface area contributed by atoms with Crippen molar-refractivity contribution in [3.8, 4) is 23.0 Å². The van der Waals surface area contributed by atoms with Crippen LogP contribution in [0.5, 0.6) is 23.0 Å². The average molecular weight is 397 g/mol. The first kappa shape index (κ1) is 18.7. The van der Waals surface area contributed by atoms with Gasteiger partial charge < -0.3 is 29.0 Å². The van der Waals surface area contributed by atoms with E-state index in [2.05, 4.69) is 5.32 Å². The molecule has 1 amide bonds. The largest absolute Gasteiger partial charge is 0.454 e. The summed E-state index contributed by atoms with van der Waals surface area (Å²) in [6.45, 7) is 2.17. The zero-order chi connectivity index (χ0) is 20.2.